The van der Waals surface area contributed by atoms with E-state index in [1.54, 1.807) is 0 Å². The van der Waals surface area contributed by atoms with E-state index < -0.39 is 0 Å². The largest absolute Gasteiger partial charge is 0.491 e. The minimum Gasteiger partial charge on any atom is -0.491 e. The molecule has 146 valence electrons. The molecule has 1 atom stereocenters. The van der Waals surface area contributed by atoms with Crippen LogP contribution in [0.25, 0.3) is 0 Å². The van der Waals surface area contributed by atoms with E-state index in [0.717, 1.165) is 51.0 Å². The lowest BCUT2D eigenvalue weighted by Gasteiger charge is -2.25. The first kappa shape index (κ1) is 21.3. The Morgan fingerprint density at radius 3 is 2.69 bits per heavy atom. The summed E-state index contributed by atoms with van der Waals surface area (Å²) in [5.74, 6) is 1.95. The number of ether oxygens (including phenoxy) is 2. The normalized spacial score (nSPS) is 22.8. The summed E-state index contributed by atoms with van der Waals surface area (Å²) in [4.78, 5) is 6.86. The molecule has 2 aliphatic heterocycles. The van der Waals surface area contributed by atoms with Crippen LogP contribution in [0.2, 0.25) is 0 Å². The third-order valence-electron chi connectivity index (χ3n) is 5.13. The molecule has 2 fully saturated rings. The van der Waals surface area contributed by atoms with Crippen LogP contribution in [0, 0.1) is 5.41 Å². The third-order valence-corrected chi connectivity index (χ3v) is 5.13. The number of nitrogens with zero attached hydrogens (tertiary/aromatic N) is 2. The summed E-state index contributed by atoms with van der Waals surface area (Å²) in [6.07, 6.45) is 3.59. The maximum absolute atomic E-state index is 5.69. The molecule has 1 aromatic carbocycles. The predicted octanol–water partition coefficient (Wildman–Crippen LogP) is 3.32. The summed E-state index contributed by atoms with van der Waals surface area (Å²) < 4.78 is 11.3. The molecule has 1 N–H and O–H groups in total. The Morgan fingerprint density at radius 2 is 2.08 bits per heavy atom. The van der Waals surface area contributed by atoms with E-state index in [-0.39, 0.29) is 30.1 Å². The standard InChI is InChI=1S/C20H31N3O2.HI/c1-16(2)25-18-6-4-17(5-7-18)8-11-22-19(21-3)23-12-9-20(14-23)10-13-24-15-20;/h4-7,16H,8-15H2,1-3H3,(H,21,22);1H. The molecule has 2 heterocycles. The number of benzene rings is 1. The molecule has 2 saturated heterocycles. The molecular weight excluding hydrogens is 441 g/mol. The Bertz CT molecular complexity index is 583. The SMILES string of the molecule is CN=C(NCCc1ccc(OC(C)C)cc1)N1CCC2(CCOC2)C1.I. The molecule has 1 unspecified atom stereocenters. The Morgan fingerprint density at radius 1 is 1.31 bits per heavy atom. The second-order valence-corrected chi connectivity index (χ2v) is 7.51. The first-order valence-corrected chi connectivity index (χ1v) is 9.39. The van der Waals surface area contributed by atoms with Crippen molar-refractivity contribution in [3.8, 4) is 5.75 Å². The molecule has 3 rings (SSSR count). The number of guanidine groups is 1. The van der Waals surface area contributed by atoms with Gasteiger partial charge in [0.15, 0.2) is 5.96 Å². The highest BCUT2D eigenvalue weighted by molar-refractivity contribution is 14.0. The van der Waals surface area contributed by atoms with Crippen LogP contribution in [-0.2, 0) is 11.2 Å². The van der Waals surface area contributed by atoms with Gasteiger partial charge in [0, 0.05) is 38.7 Å². The van der Waals surface area contributed by atoms with Gasteiger partial charge in [0.05, 0.1) is 12.7 Å². The van der Waals surface area contributed by atoms with Gasteiger partial charge in [-0.3, -0.25) is 4.99 Å². The lowest BCUT2D eigenvalue weighted by Crippen LogP contribution is -2.42. The minimum absolute atomic E-state index is 0. The van der Waals surface area contributed by atoms with Crippen molar-refractivity contribution in [2.75, 3.05) is 39.9 Å². The lowest BCUT2D eigenvalue weighted by molar-refractivity contribution is 0.156. The van der Waals surface area contributed by atoms with Crippen LogP contribution in [0.15, 0.2) is 29.3 Å². The predicted molar refractivity (Wildman–Crippen MR) is 117 cm³/mol. The molecule has 0 bridgehead atoms. The highest BCUT2D eigenvalue weighted by Crippen LogP contribution is 2.38. The Labute approximate surface area is 174 Å². The van der Waals surface area contributed by atoms with E-state index in [2.05, 4.69) is 39.5 Å². The number of aliphatic imine (C=N–C) groups is 1. The molecule has 2 aliphatic rings. The fraction of sp³-hybridized carbons (Fsp3) is 0.650. The van der Waals surface area contributed by atoms with E-state index in [1.165, 1.54) is 18.4 Å². The molecule has 1 spiro atoms. The van der Waals surface area contributed by atoms with Crippen molar-refractivity contribution in [1.29, 1.82) is 0 Å². The minimum atomic E-state index is 0. The number of halogens is 1. The molecule has 0 amide bonds. The second kappa shape index (κ2) is 9.78. The van der Waals surface area contributed by atoms with Crippen LogP contribution in [0.4, 0.5) is 0 Å². The molecule has 0 radical (unpaired) electrons. The van der Waals surface area contributed by atoms with Crippen molar-refractivity contribution >= 4 is 29.9 Å². The van der Waals surface area contributed by atoms with Crippen molar-refractivity contribution in [2.24, 2.45) is 10.4 Å². The van der Waals surface area contributed by atoms with Gasteiger partial charge in [-0.1, -0.05) is 12.1 Å². The van der Waals surface area contributed by atoms with Crippen LogP contribution in [0.3, 0.4) is 0 Å². The van der Waals surface area contributed by atoms with Gasteiger partial charge in [0.2, 0.25) is 0 Å². The van der Waals surface area contributed by atoms with Crippen LogP contribution < -0.4 is 10.1 Å². The first-order chi connectivity index (χ1) is 12.1. The molecule has 0 aromatic heterocycles. The fourth-order valence-corrected chi connectivity index (χ4v) is 3.75. The second-order valence-electron chi connectivity index (χ2n) is 7.51. The van der Waals surface area contributed by atoms with Gasteiger partial charge in [-0.05, 0) is 50.8 Å². The first-order valence-electron chi connectivity index (χ1n) is 9.39. The highest BCUT2D eigenvalue weighted by atomic mass is 127. The maximum atomic E-state index is 5.69. The zero-order chi connectivity index (χ0) is 17.7. The topological polar surface area (TPSA) is 46.1 Å². The van der Waals surface area contributed by atoms with Crippen LogP contribution >= 0.6 is 24.0 Å². The molecular formula is C20H32IN3O2. The monoisotopic (exact) mass is 473 g/mol. The van der Waals surface area contributed by atoms with E-state index in [1.807, 2.05) is 20.9 Å². The number of likely N-dealkylation sites (tertiary alicyclic amines) is 1. The molecule has 0 aliphatic carbocycles. The number of nitrogens with one attached hydrogen (secondary N) is 1. The molecule has 5 nitrogen and oxygen atoms in total. The summed E-state index contributed by atoms with van der Waals surface area (Å²) in [5.41, 5.74) is 1.67. The Kier molecular flexibility index (Phi) is 8.01. The molecule has 26 heavy (non-hydrogen) atoms. The van der Waals surface area contributed by atoms with Crippen LogP contribution in [0.1, 0.15) is 32.3 Å². The summed E-state index contributed by atoms with van der Waals surface area (Å²) in [6, 6.07) is 8.38. The van der Waals surface area contributed by atoms with Gasteiger partial charge < -0.3 is 19.7 Å². The van der Waals surface area contributed by atoms with E-state index in [4.69, 9.17) is 9.47 Å². The van der Waals surface area contributed by atoms with E-state index in [0.29, 0.717) is 5.41 Å². The van der Waals surface area contributed by atoms with Gasteiger partial charge in [0.1, 0.15) is 5.75 Å². The number of rotatable bonds is 5. The van der Waals surface area contributed by atoms with Crippen molar-refractivity contribution in [1.82, 2.24) is 10.2 Å². The van der Waals surface area contributed by atoms with Crippen molar-refractivity contribution < 1.29 is 9.47 Å². The fourth-order valence-electron chi connectivity index (χ4n) is 3.75. The quantitative estimate of drug-likeness (QED) is 0.405. The van der Waals surface area contributed by atoms with Gasteiger partial charge in [-0.2, -0.15) is 0 Å². The van der Waals surface area contributed by atoms with Gasteiger partial charge in [0.25, 0.3) is 0 Å². The third kappa shape index (κ3) is 5.49. The van der Waals surface area contributed by atoms with Gasteiger partial charge >= 0.3 is 0 Å². The zero-order valence-corrected chi connectivity index (χ0v) is 18.5. The Hall–Kier alpha value is -1.02. The van der Waals surface area contributed by atoms with Crippen LogP contribution in [0.5, 0.6) is 5.75 Å². The van der Waals surface area contributed by atoms with Crippen LogP contribution in [-0.4, -0.2) is 56.9 Å². The highest BCUT2D eigenvalue weighted by Gasteiger charge is 2.42. The maximum Gasteiger partial charge on any atom is 0.193 e. The van der Waals surface area contributed by atoms with Crippen molar-refractivity contribution in [2.45, 2.75) is 39.2 Å². The lowest BCUT2D eigenvalue weighted by atomic mass is 9.87. The summed E-state index contributed by atoms with van der Waals surface area (Å²) in [7, 11) is 1.87. The van der Waals surface area contributed by atoms with E-state index >= 15 is 0 Å². The summed E-state index contributed by atoms with van der Waals surface area (Å²) in [6.45, 7) is 8.93. The Balaban J connectivity index is 0.00000243. The molecule has 6 heteroatoms. The van der Waals surface area contributed by atoms with Gasteiger partial charge in [-0.25, -0.2) is 0 Å². The van der Waals surface area contributed by atoms with Crippen molar-refractivity contribution in [3.63, 3.8) is 0 Å². The smallest absolute Gasteiger partial charge is 0.193 e. The average Bonchev–Trinajstić information content (AvgIpc) is 3.23. The number of hydrogen-bond acceptors (Lipinski definition) is 3. The summed E-state index contributed by atoms with van der Waals surface area (Å²) in [5, 5.41) is 3.52. The average molecular weight is 473 g/mol. The zero-order valence-electron chi connectivity index (χ0n) is 16.2. The van der Waals surface area contributed by atoms with Crippen molar-refractivity contribution in [3.05, 3.63) is 29.8 Å². The van der Waals surface area contributed by atoms with Gasteiger partial charge in [-0.15, -0.1) is 24.0 Å². The summed E-state index contributed by atoms with van der Waals surface area (Å²) >= 11 is 0. The van der Waals surface area contributed by atoms with E-state index in [9.17, 15) is 0 Å². The number of hydrogen-bond donors (Lipinski definition) is 1. The molecule has 1 aromatic rings. The molecule has 0 saturated carbocycles.